The maximum absolute atomic E-state index is 12.0. The Kier molecular flexibility index (Phi) is 2.91. The molecule has 0 aliphatic carbocycles. The molecule has 0 fully saturated rings. The minimum absolute atomic E-state index is 0. The molecule has 0 saturated carbocycles. The van der Waals surface area contributed by atoms with Crippen LogP contribution in [0.1, 0.15) is 48.9 Å². The first-order valence-corrected chi connectivity index (χ1v) is 4.91. The van der Waals surface area contributed by atoms with Gasteiger partial charge in [-0.1, -0.05) is 19.6 Å². The standard InChI is InChI=1S/C12H13NO2.CH4/c1-12(2,3)13-10(14)8-6-4-5-7-9(8)11(13)15;/h4-7H,1-3H3;1H4. The molecule has 3 nitrogen and oxygen atoms in total. The topological polar surface area (TPSA) is 37.4 Å². The molecule has 0 saturated heterocycles. The summed E-state index contributed by atoms with van der Waals surface area (Å²) in [5.74, 6) is -0.383. The molecular formula is C13H17NO2. The normalized spacial score (nSPS) is 14.8. The zero-order valence-electron chi connectivity index (χ0n) is 9.07. The third-order valence-corrected chi connectivity index (χ3v) is 2.46. The van der Waals surface area contributed by atoms with Crippen LogP contribution in [0.25, 0.3) is 0 Å². The number of amides is 2. The molecule has 1 heterocycles. The van der Waals surface area contributed by atoms with E-state index in [0.29, 0.717) is 11.1 Å². The minimum Gasteiger partial charge on any atom is -0.269 e. The van der Waals surface area contributed by atoms with Gasteiger partial charge in [-0.3, -0.25) is 14.5 Å². The Labute approximate surface area is 96.1 Å². The molecule has 86 valence electrons. The number of carbonyl (C=O) groups is 2. The van der Waals surface area contributed by atoms with Crippen molar-refractivity contribution in [1.29, 1.82) is 0 Å². The summed E-state index contributed by atoms with van der Waals surface area (Å²) in [5.41, 5.74) is 0.558. The van der Waals surface area contributed by atoms with Gasteiger partial charge in [0, 0.05) is 5.54 Å². The van der Waals surface area contributed by atoms with E-state index in [-0.39, 0.29) is 19.2 Å². The Morgan fingerprint density at radius 2 is 1.31 bits per heavy atom. The molecule has 0 radical (unpaired) electrons. The summed E-state index contributed by atoms with van der Waals surface area (Å²) in [6.07, 6.45) is 0. The number of nitrogens with zero attached hydrogens (tertiary/aromatic N) is 1. The zero-order chi connectivity index (χ0) is 11.2. The van der Waals surface area contributed by atoms with E-state index in [9.17, 15) is 9.59 Å². The van der Waals surface area contributed by atoms with E-state index in [1.807, 2.05) is 20.8 Å². The van der Waals surface area contributed by atoms with Gasteiger partial charge in [0.2, 0.25) is 0 Å². The van der Waals surface area contributed by atoms with E-state index < -0.39 is 5.54 Å². The molecular weight excluding hydrogens is 202 g/mol. The second kappa shape index (κ2) is 3.74. The van der Waals surface area contributed by atoms with Crippen LogP contribution in [0.5, 0.6) is 0 Å². The molecule has 1 aromatic rings. The summed E-state index contributed by atoms with van der Waals surface area (Å²) in [7, 11) is 0. The van der Waals surface area contributed by atoms with Crippen LogP contribution >= 0.6 is 0 Å². The van der Waals surface area contributed by atoms with Crippen LogP contribution in [0.3, 0.4) is 0 Å². The highest BCUT2D eigenvalue weighted by molar-refractivity contribution is 6.21. The average Bonchev–Trinajstić information content (AvgIpc) is 2.39. The van der Waals surface area contributed by atoms with Crippen molar-refractivity contribution in [3.63, 3.8) is 0 Å². The fourth-order valence-electron chi connectivity index (χ4n) is 1.80. The van der Waals surface area contributed by atoms with Gasteiger partial charge < -0.3 is 0 Å². The second-order valence-electron chi connectivity index (χ2n) is 4.66. The largest absolute Gasteiger partial charge is 0.269 e. The van der Waals surface area contributed by atoms with Crippen LogP contribution in [0.15, 0.2) is 24.3 Å². The van der Waals surface area contributed by atoms with Crippen molar-refractivity contribution in [2.75, 3.05) is 0 Å². The first kappa shape index (κ1) is 12.4. The van der Waals surface area contributed by atoms with Crippen molar-refractivity contribution in [1.82, 2.24) is 4.90 Å². The maximum atomic E-state index is 12.0. The van der Waals surface area contributed by atoms with Gasteiger partial charge in [0.1, 0.15) is 0 Å². The van der Waals surface area contributed by atoms with Crippen LogP contribution in [0.4, 0.5) is 0 Å². The number of imide groups is 1. The average molecular weight is 219 g/mol. The lowest BCUT2D eigenvalue weighted by Gasteiger charge is -2.29. The fourth-order valence-corrected chi connectivity index (χ4v) is 1.80. The summed E-state index contributed by atoms with van der Waals surface area (Å²) >= 11 is 0. The predicted octanol–water partition coefficient (Wildman–Crippen LogP) is 2.72. The molecule has 16 heavy (non-hydrogen) atoms. The highest BCUT2D eigenvalue weighted by Crippen LogP contribution is 2.28. The van der Waals surface area contributed by atoms with E-state index in [1.54, 1.807) is 24.3 Å². The monoisotopic (exact) mass is 219 g/mol. The number of hydrogen-bond donors (Lipinski definition) is 0. The van der Waals surface area contributed by atoms with Gasteiger partial charge in [0.05, 0.1) is 11.1 Å². The molecule has 0 atom stereocenters. The van der Waals surface area contributed by atoms with Crippen LogP contribution in [0.2, 0.25) is 0 Å². The van der Waals surface area contributed by atoms with Gasteiger partial charge in [0.15, 0.2) is 0 Å². The molecule has 0 unspecified atom stereocenters. The summed E-state index contributed by atoms with van der Waals surface area (Å²) in [6.45, 7) is 5.57. The highest BCUT2D eigenvalue weighted by Gasteiger charge is 2.41. The van der Waals surface area contributed by atoms with Crippen LogP contribution in [-0.2, 0) is 0 Å². The van der Waals surface area contributed by atoms with Crippen molar-refractivity contribution in [2.45, 2.75) is 33.7 Å². The molecule has 3 heteroatoms. The second-order valence-corrected chi connectivity index (χ2v) is 4.66. The minimum atomic E-state index is -0.465. The Balaban J connectivity index is 0.00000128. The molecule has 1 aliphatic rings. The van der Waals surface area contributed by atoms with Gasteiger partial charge in [-0.25, -0.2) is 0 Å². The third kappa shape index (κ3) is 1.62. The van der Waals surface area contributed by atoms with Gasteiger partial charge in [0.25, 0.3) is 11.8 Å². The molecule has 2 rings (SSSR count). The van der Waals surface area contributed by atoms with E-state index in [4.69, 9.17) is 0 Å². The van der Waals surface area contributed by atoms with Gasteiger partial charge in [-0.05, 0) is 32.9 Å². The lowest BCUT2D eigenvalue weighted by atomic mass is 10.1. The van der Waals surface area contributed by atoms with Crippen LogP contribution < -0.4 is 0 Å². The molecule has 1 aromatic carbocycles. The van der Waals surface area contributed by atoms with E-state index in [2.05, 4.69) is 0 Å². The Hall–Kier alpha value is -1.64. The Morgan fingerprint density at radius 1 is 0.938 bits per heavy atom. The molecule has 0 N–H and O–H groups in total. The van der Waals surface area contributed by atoms with E-state index in [1.165, 1.54) is 4.90 Å². The zero-order valence-corrected chi connectivity index (χ0v) is 9.07. The van der Waals surface area contributed by atoms with Crippen molar-refractivity contribution in [3.05, 3.63) is 35.4 Å². The van der Waals surface area contributed by atoms with Crippen molar-refractivity contribution >= 4 is 11.8 Å². The lowest BCUT2D eigenvalue weighted by molar-refractivity contribution is 0.0508. The molecule has 0 bridgehead atoms. The number of carbonyl (C=O) groups excluding carboxylic acids is 2. The number of fused-ring (bicyclic) bond motifs is 1. The summed E-state index contributed by atoms with van der Waals surface area (Å²) in [4.78, 5) is 25.2. The van der Waals surface area contributed by atoms with Crippen LogP contribution in [0, 0.1) is 0 Å². The molecule has 0 aromatic heterocycles. The van der Waals surface area contributed by atoms with Gasteiger partial charge in [-0.15, -0.1) is 0 Å². The van der Waals surface area contributed by atoms with Crippen molar-refractivity contribution < 1.29 is 9.59 Å². The van der Waals surface area contributed by atoms with Crippen LogP contribution in [-0.4, -0.2) is 22.3 Å². The summed E-state index contributed by atoms with van der Waals surface area (Å²) in [6, 6.07) is 6.94. The van der Waals surface area contributed by atoms with Crippen molar-refractivity contribution in [3.8, 4) is 0 Å². The first-order chi connectivity index (χ1) is 6.93. The first-order valence-electron chi connectivity index (χ1n) is 4.91. The Bertz CT molecular complexity index is 408. The molecule has 1 aliphatic heterocycles. The number of rotatable bonds is 0. The lowest BCUT2D eigenvalue weighted by Crippen LogP contribution is -2.45. The van der Waals surface area contributed by atoms with Crippen molar-refractivity contribution in [2.24, 2.45) is 0 Å². The quantitative estimate of drug-likeness (QED) is 0.629. The predicted molar refractivity (Wildman–Crippen MR) is 63.4 cm³/mol. The fraction of sp³-hybridized carbons (Fsp3) is 0.385. The summed E-state index contributed by atoms with van der Waals surface area (Å²) in [5, 5.41) is 0. The highest BCUT2D eigenvalue weighted by atomic mass is 16.2. The van der Waals surface area contributed by atoms with E-state index >= 15 is 0 Å². The maximum Gasteiger partial charge on any atom is 0.262 e. The van der Waals surface area contributed by atoms with Gasteiger partial charge in [-0.2, -0.15) is 0 Å². The summed E-state index contributed by atoms with van der Waals surface area (Å²) < 4.78 is 0. The third-order valence-electron chi connectivity index (χ3n) is 2.46. The SMILES string of the molecule is C.CC(C)(C)N1C(=O)c2ccccc2C1=O. The Morgan fingerprint density at radius 3 is 1.62 bits per heavy atom. The van der Waals surface area contributed by atoms with E-state index in [0.717, 1.165) is 0 Å². The smallest absolute Gasteiger partial charge is 0.262 e. The molecule has 0 spiro atoms. The number of benzene rings is 1. The number of hydrogen-bond acceptors (Lipinski definition) is 2. The molecule has 2 amide bonds. The van der Waals surface area contributed by atoms with Gasteiger partial charge >= 0.3 is 0 Å².